The minimum absolute atomic E-state index is 0.0394. The molecule has 0 radical (unpaired) electrons. The van der Waals surface area contributed by atoms with Crippen LogP contribution in [0.5, 0.6) is 0 Å². The molecular formula is C20H18N6O. The summed E-state index contributed by atoms with van der Waals surface area (Å²) in [7, 11) is 0. The lowest BCUT2D eigenvalue weighted by Gasteiger charge is -2.35. The quantitative estimate of drug-likeness (QED) is 0.716. The Balaban J connectivity index is 1.44. The molecule has 1 saturated heterocycles. The van der Waals surface area contributed by atoms with Crippen LogP contribution in [-0.2, 0) is 0 Å². The lowest BCUT2D eigenvalue weighted by atomic mass is 10.1. The fourth-order valence-electron chi connectivity index (χ4n) is 3.18. The molecule has 1 aliphatic rings. The van der Waals surface area contributed by atoms with Crippen LogP contribution in [0.3, 0.4) is 0 Å². The van der Waals surface area contributed by atoms with Crippen LogP contribution in [0.4, 0.5) is 5.82 Å². The third kappa shape index (κ3) is 3.51. The predicted octanol–water partition coefficient (Wildman–Crippen LogP) is 2.10. The van der Waals surface area contributed by atoms with Crippen molar-refractivity contribution in [2.45, 2.75) is 0 Å². The van der Waals surface area contributed by atoms with Crippen LogP contribution < -0.4 is 4.90 Å². The Hall–Kier alpha value is -3.66. The standard InChI is InChI=1S/C20H18N6O/c21-14-16-4-3-5-17(12-16)20(27)26-10-8-25(9-11-26)19-13-18(22-15-23-19)24-6-1-2-7-24/h1-7,12-13,15H,8-11H2. The van der Waals surface area contributed by atoms with E-state index in [-0.39, 0.29) is 5.91 Å². The number of amides is 1. The first-order valence-corrected chi connectivity index (χ1v) is 8.74. The van der Waals surface area contributed by atoms with Crippen LogP contribution in [0.1, 0.15) is 15.9 Å². The largest absolute Gasteiger partial charge is 0.353 e. The van der Waals surface area contributed by atoms with Crippen LogP contribution in [-0.4, -0.2) is 51.5 Å². The van der Waals surface area contributed by atoms with Crippen LogP contribution >= 0.6 is 0 Å². The lowest BCUT2D eigenvalue weighted by Crippen LogP contribution is -2.49. The van der Waals surface area contributed by atoms with E-state index in [1.54, 1.807) is 30.6 Å². The predicted molar refractivity (Wildman–Crippen MR) is 101 cm³/mol. The number of carbonyl (C=O) groups excluding carboxylic acids is 1. The second kappa shape index (κ2) is 7.30. The Labute approximate surface area is 157 Å². The highest BCUT2D eigenvalue weighted by Gasteiger charge is 2.23. The van der Waals surface area contributed by atoms with Crippen molar-refractivity contribution in [1.82, 2.24) is 19.4 Å². The summed E-state index contributed by atoms with van der Waals surface area (Å²) < 4.78 is 1.94. The highest BCUT2D eigenvalue weighted by Crippen LogP contribution is 2.17. The highest BCUT2D eigenvalue weighted by atomic mass is 16.2. The summed E-state index contributed by atoms with van der Waals surface area (Å²) in [5.41, 5.74) is 1.05. The first-order chi connectivity index (χ1) is 13.2. The van der Waals surface area contributed by atoms with E-state index in [2.05, 4.69) is 20.9 Å². The number of rotatable bonds is 3. The summed E-state index contributed by atoms with van der Waals surface area (Å²) in [6.07, 6.45) is 5.45. The van der Waals surface area contributed by atoms with Crippen molar-refractivity contribution in [3.8, 4) is 11.9 Å². The number of nitrogens with zero attached hydrogens (tertiary/aromatic N) is 6. The molecular weight excluding hydrogens is 340 g/mol. The van der Waals surface area contributed by atoms with Crippen LogP contribution in [0.2, 0.25) is 0 Å². The number of anilines is 1. The van der Waals surface area contributed by atoms with Crippen molar-refractivity contribution >= 4 is 11.7 Å². The molecule has 3 heterocycles. The van der Waals surface area contributed by atoms with Gasteiger partial charge in [0.05, 0.1) is 11.6 Å². The highest BCUT2D eigenvalue weighted by molar-refractivity contribution is 5.94. The summed E-state index contributed by atoms with van der Waals surface area (Å²) >= 11 is 0. The molecule has 1 aliphatic heterocycles. The van der Waals surface area contributed by atoms with Gasteiger partial charge in [0.1, 0.15) is 18.0 Å². The number of benzene rings is 1. The van der Waals surface area contributed by atoms with Crippen molar-refractivity contribution in [3.63, 3.8) is 0 Å². The first kappa shape index (κ1) is 16.8. The molecule has 7 nitrogen and oxygen atoms in total. The van der Waals surface area contributed by atoms with Gasteiger partial charge in [-0.05, 0) is 30.3 Å². The maximum absolute atomic E-state index is 12.7. The van der Waals surface area contributed by atoms with Crippen molar-refractivity contribution < 1.29 is 4.79 Å². The zero-order valence-corrected chi connectivity index (χ0v) is 14.7. The molecule has 0 spiro atoms. The molecule has 0 unspecified atom stereocenters. The van der Waals surface area contributed by atoms with Crippen LogP contribution in [0.25, 0.3) is 5.82 Å². The Bertz CT molecular complexity index is 984. The van der Waals surface area contributed by atoms with Crippen molar-refractivity contribution in [2.24, 2.45) is 0 Å². The van der Waals surface area contributed by atoms with Gasteiger partial charge in [0.25, 0.3) is 5.91 Å². The van der Waals surface area contributed by atoms with E-state index in [1.807, 2.05) is 40.1 Å². The fourth-order valence-corrected chi connectivity index (χ4v) is 3.18. The SMILES string of the molecule is N#Cc1cccc(C(=O)N2CCN(c3cc(-n4cccc4)ncn3)CC2)c1. The molecule has 27 heavy (non-hydrogen) atoms. The molecule has 1 amide bonds. The molecule has 3 aromatic rings. The third-order valence-electron chi connectivity index (χ3n) is 4.64. The second-order valence-electron chi connectivity index (χ2n) is 6.30. The molecule has 2 aromatic heterocycles. The zero-order chi connectivity index (χ0) is 18.6. The average molecular weight is 358 g/mol. The van der Waals surface area contributed by atoms with E-state index in [0.717, 1.165) is 11.6 Å². The van der Waals surface area contributed by atoms with Gasteiger partial charge in [-0.25, -0.2) is 9.97 Å². The van der Waals surface area contributed by atoms with Gasteiger partial charge in [0, 0.05) is 50.2 Å². The summed E-state index contributed by atoms with van der Waals surface area (Å²) in [5.74, 6) is 1.63. The Morgan fingerprint density at radius 1 is 0.963 bits per heavy atom. The van der Waals surface area contributed by atoms with Crippen LogP contribution in [0.15, 0.2) is 61.2 Å². The van der Waals surface area contributed by atoms with Gasteiger partial charge in [0.2, 0.25) is 0 Å². The number of hydrogen-bond donors (Lipinski definition) is 0. The van der Waals surface area contributed by atoms with Gasteiger partial charge in [-0.3, -0.25) is 4.79 Å². The third-order valence-corrected chi connectivity index (χ3v) is 4.64. The molecule has 0 bridgehead atoms. The van der Waals surface area contributed by atoms with E-state index in [1.165, 1.54) is 0 Å². The minimum atomic E-state index is -0.0394. The molecule has 0 atom stereocenters. The zero-order valence-electron chi connectivity index (χ0n) is 14.7. The molecule has 7 heteroatoms. The summed E-state index contributed by atoms with van der Waals surface area (Å²) in [5, 5.41) is 9.01. The number of nitriles is 1. The molecule has 0 saturated carbocycles. The number of carbonyl (C=O) groups is 1. The van der Waals surface area contributed by atoms with Gasteiger partial charge in [-0.2, -0.15) is 5.26 Å². The first-order valence-electron chi connectivity index (χ1n) is 8.74. The monoisotopic (exact) mass is 358 g/mol. The number of hydrogen-bond acceptors (Lipinski definition) is 5. The molecule has 1 aromatic carbocycles. The van der Waals surface area contributed by atoms with E-state index in [9.17, 15) is 4.79 Å². The van der Waals surface area contributed by atoms with Crippen molar-refractivity contribution in [2.75, 3.05) is 31.1 Å². The Morgan fingerprint density at radius 3 is 2.44 bits per heavy atom. The smallest absolute Gasteiger partial charge is 0.254 e. The van der Waals surface area contributed by atoms with Gasteiger partial charge in [-0.15, -0.1) is 0 Å². The van der Waals surface area contributed by atoms with Gasteiger partial charge >= 0.3 is 0 Å². The molecule has 134 valence electrons. The summed E-state index contributed by atoms with van der Waals surface area (Å²) in [6.45, 7) is 2.62. The molecule has 0 aliphatic carbocycles. The minimum Gasteiger partial charge on any atom is -0.353 e. The second-order valence-corrected chi connectivity index (χ2v) is 6.30. The average Bonchev–Trinajstić information content (AvgIpc) is 3.28. The van der Waals surface area contributed by atoms with E-state index in [4.69, 9.17) is 5.26 Å². The summed E-state index contributed by atoms with van der Waals surface area (Å²) in [6, 6.07) is 14.8. The van der Waals surface area contributed by atoms with Crippen LogP contribution in [0, 0.1) is 11.3 Å². The maximum Gasteiger partial charge on any atom is 0.254 e. The number of piperazine rings is 1. The van der Waals surface area contributed by atoms with Crippen molar-refractivity contribution in [1.29, 1.82) is 5.26 Å². The molecule has 4 rings (SSSR count). The van der Waals surface area contributed by atoms with E-state index >= 15 is 0 Å². The maximum atomic E-state index is 12.7. The van der Waals surface area contributed by atoms with Gasteiger partial charge in [-0.1, -0.05) is 6.07 Å². The van der Waals surface area contributed by atoms with Gasteiger partial charge in [0.15, 0.2) is 0 Å². The van der Waals surface area contributed by atoms with Gasteiger partial charge < -0.3 is 14.4 Å². The van der Waals surface area contributed by atoms with Crippen molar-refractivity contribution in [3.05, 3.63) is 72.3 Å². The summed E-state index contributed by atoms with van der Waals surface area (Å²) in [4.78, 5) is 25.4. The van der Waals surface area contributed by atoms with E-state index in [0.29, 0.717) is 37.3 Å². The Morgan fingerprint density at radius 2 is 1.70 bits per heavy atom. The molecule has 1 fully saturated rings. The Kier molecular flexibility index (Phi) is 4.54. The fraction of sp³-hybridized carbons (Fsp3) is 0.200. The van der Waals surface area contributed by atoms with E-state index < -0.39 is 0 Å². The topological polar surface area (TPSA) is 78.0 Å². The lowest BCUT2D eigenvalue weighted by molar-refractivity contribution is 0.0746. The molecule has 0 N–H and O–H groups in total. The normalized spacial score (nSPS) is 14.0. The number of aromatic nitrogens is 3.